The molecule has 0 aromatic carbocycles. The first-order valence-electron chi connectivity index (χ1n) is 7.67. The highest BCUT2D eigenvalue weighted by molar-refractivity contribution is 5.77. The van der Waals surface area contributed by atoms with Gasteiger partial charge < -0.3 is 14.5 Å². The van der Waals surface area contributed by atoms with Crippen LogP contribution in [0.4, 0.5) is 0 Å². The van der Waals surface area contributed by atoms with Crippen LogP contribution in [0.5, 0.6) is 0 Å². The minimum Gasteiger partial charge on any atom is -0.375 e. The van der Waals surface area contributed by atoms with Gasteiger partial charge in [0.2, 0.25) is 11.8 Å². The molecule has 0 aromatic heterocycles. The molecular weight excluding hydrogens is 256 g/mol. The second-order valence-corrected chi connectivity index (χ2v) is 5.93. The molecule has 2 fully saturated rings. The average molecular weight is 282 g/mol. The monoisotopic (exact) mass is 282 g/mol. The zero-order valence-electron chi connectivity index (χ0n) is 12.6. The van der Waals surface area contributed by atoms with Gasteiger partial charge in [0, 0.05) is 39.7 Å². The molecule has 2 rings (SSSR count). The Labute approximate surface area is 121 Å². The van der Waals surface area contributed by atoms with Crippen LogP contribution in [0.25, 0.3) is 0 Å². The summed E-state index contributed by atoms with van der Waals surface area (Å²) in [7, 11) is 1.55. The van der Waals surface area contributed by atoms with Gasteiger partial charge in [0.15, 0.2) is 0 Å². The van der Waals surface area contributed by atoms with Crippen LogP contribution in [0.3, 0.4) is 0 Å². The highest BCUT2D eigenvalue weighted by Crippen LogP contribution is 2.30. The lowest BCUT2D eigenvalue weighted by molar-refractivity contribution is -0.139. The van der Waals surface area contributed by atoms with Gasteiger partial charge >= 0.3 is 0 Å². The molecule has 0 aliphatic carbocycles. The number of nitrogens with zero attached hydrogens (tertiary/aromatic N) is 2. The first-order chi connectivity index (χ1) is 9.63. The Hall–Kier alpha value is -1.10. The Morgan fingerprint density at radius 3 is 2.40 bits per heavy atom. The minimum atomic E-state index is 0.0815. The Kier molecular flexibility index (Phi) is 5.40. The molecule has 2 aliphatic rings. The number of amides is 2. The van der Waals surface area contributed by atoms with Gasteiger partial charge in [-0.3, -0.25) is 9.59 Å². The molecule has 1 unspecified atom stereocenters. The molecule has 0 bridgehead atoms. The van der Waals surface area contributed by atoms with E-state index in [-0.39, 0.29) is 18.4 Å². The highest BCUT2D eigenvalue weighted by Gasteiger charge is 2.34. The zero-order valence-corrected chi connectivity index (χ0v) is 12.6. The Morgan fingerprint density at radius 2 is 1.80 bits per heavy atom. The summed E-state index contributed by atoms with van der Waals surface area (Å²) in [5.41, 5.74) is 0. The van der Waals surface area contributed by atoms with Crippen molar-refractivity contribution in [2.45, 2.75) is 45.1 Å². The molecule has 0 saturated carbocycles. The largest absolute Gasteiger partial charge is 0.375 e. The molecule has 114 valence electrons. The van der Waals surface area contributed by atoms with Crippen LogP contribution in [0.1, 0.15) is 39.0 Å². The summed E-state index contributed by atoms with van der Waals surface area (Å²) < 4.78 is 4.90. The van der Waals surface area contributed by atoms with Crippen LogP contribution >= 0.6 is 0 Å². The second-order valence-electron chi connectivity index (χ2n) is 5.93. The summed E-state index contributed by atoms with van der Waals surface area (Å²) in [6.45, 7) is 4.36. The average Bonchev–Trinajstić information content (AvgIpc) is 2.47. The first-order valence-corrected chi connectivity index (χ1v) is 7.67. The molecule has 20 heavy (non-hydrogen) atoms. The van der Waals surface area contributed by atoms with E-state index >= 15 is 0 Å². The third kappa shape index (κ3) is 3.51. The molecule has 1 atom stereocenters. The van der Waals surface area contributed by atoms with E-state index in [9.17, 15) is 9.59 Å². The van der Waals surface area contributed by atoms with Gasteiger partial charge in [-0.05, 0) is 38.0 Å². The molecule has 5 heteroatoms. The van der Waals surface area contributed by atoms with Crippen molar-refractivity contribution >= 4 is 11.8 Å². The van der Waals surface area contributed by atoms with E-state index in [0.29, 0.717) is 12.0 Å². The van der Waals surface area contributed by atoms with Crippen molar-refractivity contribution in [1.82, 2.24) is 9.80 Å². The van der Waals surface area contributed by atoms with E-state index in [1.54, 1.807) is 14.0 Å². The fraction of sp³-hybridized carbons (Fsp3) is 0.867. The molecule has 5 nitrogen and oxygen atoms in total. The summed E-state index contributed by atoms with van der Waals surface area (Å²) in [5.74, 6) is 0.830. The summed E-state index contributed by atoms with van der Waals surface area (Å²) >= 11 is 0. The normalized spacial score (nSPS) is 24.8. The molecule has 2 heterocycles. The third-order valence-corrected chi connectivity index (χ3v) is 4.66. The fourth-order valence-corrected chi connectivity index (χ4v) is 3.59. The number of methoxy groups -OCH3 is 1. The molecule has 0 spiro atoms. The maximum absolute atomic E-state index is 11.8. The molecule has 0 N–H and O–H groups in total. The van der Waals surface area contributed by atoms with E-state index < -0.39 is 0 Å². The lowest BCUT2D eigenvalue weighted by Gasteiger charge is -2.43. The summed E-state index contributed by atoms with van der Waals surface area (Å²) in [5, 5.41) is 0. The topological polar surface area (TPSA) is 49.9 Å². The number of likely N-dealkylation sites (tertiary alicyclic amines) is 2. The molecular formula is C15H26N2O3. The second kappa shape index (κ2) is 7.07. The smallest absolute Gasteiger partial charge is 0.248 e. The van der Waals surface area contributed by atoms with Crippen molar-refractivity contribution in [3.8, 4) is 0 Å². The van der Waals surface area contributed by atoms with Crippen LogP contribution in [0.2, 0.25) is 0 Å². The minimum absolute atomic E-state index is 0.0815. The Bertz CT molecular complexity index is 351. The maximum Gasteiger partial charge on any atom is 0.248 e. The van der Waals surface area contributed by atoms with Gasteiger partial charge in [-0.1, -0.05) is 0 Å². The first kappa shape index (κ1) is 15.3. The van der Waals surface area contributed by atoms with E-state index in [2.05, 4.69) is 4.90 Å². The number of carbonyl (C=O) groups is 2. The van der Waals surface area contributed by atoms with Crippen molar-refractivity contribution < 1.29 is 14.3 Å². The summed E-state index contributed by atoms with van der Waals surface area (Å²) in [6.07, 6.45) is 5.47. The summed E-state index contributed by atoms with van der Waals surface area (Å²) in [4.78, 5) is 27.5. The van der Waals surface area contributed by atoms with Crippen molar-refractivity contribution in [1.29, 1.82) is 0 Å². The van der Waals surface area contributed by atoms with Gasteiger partial charge in [0.25, 0.3) is 0 Å². The number of hydrogen-bond donors (Lipinski definition) is 0. The van der Waals surface area contributed by atoms with Crippen LogP contribution in [0.15, 0.2) is 0 Å². The SMILES string of the molecule is COCC(=O)N1CCC(C2CCCCN2C(C)=O)CC1. The van der Waals surface area contributed by atoms with E-state index in [1.165, 1.54) is 6.42 Å². The van der Waals surface area contributed by atoms with Crippen molar-refractivity contribution in [2.75, 3.05) is 33.4 Å². The van der Waals surface area contributed by atoms with Crippen LogP contribution in [-0.4, -0.2) is 61.0 Å². The lowest BCUT2D eigenvalue weighted by atomic mass is 9.83. The van der Waals surface area contributed by atoms with E-state index in [4.69, 9.17) is 4.74 Å². The van der Waals surface area contributed by atoms with Crippen molar-refractivity contribution in [3.63, 3.8) is 0 Å². The van der Waals surface area contributed by atoms with Crippen LogP contribution in [0, 0.1) is 5.92 Å². The van der Waals surface area contributed by atoms with Gasteiger partial charge in [0.1, 0.15) is 6.61 Å². The molecule has 2 saturated heterocycles. The fourth-order valence-electron chi connectivity index (χ4n) is 3.59. The highest BCUT2D eigenvalue weighted by atomic mass is 16.5. The number of carbonyl (C=O) groups excluding carboxylic acids is 2. The molecule has 0 aromatic rings. The standard InChI is InChI=1S/C15H26N2O3/c1-12(18)17-8-4-3-5-14(17)13-6-9-16(10-7-13)15(19)11-20-2/h13-14H,3-11H2,1-2H3. The molecule has 2 aliphatic heterocycles. The van der Waals surface area contributed by atoms with Crippen molar-refractivity contribution in [2.24, 2.45) is 5.92 Å². The number of rotatable bonds is 3. The summed E-state index contributed by atoms with van der Waals surface area (Å²) in [6, 6.07) is 0.390. The maximum atomic E-state index is 11.8. The predicted molar refractivity (Wildman–Crippen MR) is 76.2 cm³/mol. The number of piperidine rings is 2. The molecule has 2 amide bonds. The Morgan fingerprint density at radius 1 is 1.10 bits per heavy atom. The van der Waals surface area contributed by atoms with Crippen LogP contribution in [-0.2, 0) is 14.3 Å². The predicted octanol–water partition coefficient (Wildman–Crippen LogP) is 1.27. The van der Waals surface area contributed by atoms with Gasteiger partial charge in [-0.25, -0.2) is 0 Å². The Balaban J connectivity index is 1.89. The quantitative estimate of drug-likeness (QED) is 0.783. The molecule has 0 radical (unpaired) electrons. The van der Waals surface area contributed by atoms with Gasteiger partial charge in [-0.2, -0.15) is 0 Å². The van der Waals surface area contributed by atoms with Crippen molar-refractivity contribution in [3.05, 3.63) is 0 Å². The number of hydrogen-bond acceptors (Lipinski definition) is 3. The third-order valence-electron chi connectivity index (χ3n) is 4.66. The van der Waals surface area contributed by atoms with E-state index in [1.807, 2.05) is 4.90 Å². The van der Waals surface area contributed by atoms with Crippen LogP contribution < -0.4 is 0 Å². The van der Waals surface area contributed by atoms with E-state index in [0.717, 1.165) is 45.3 Å². The van der Waals surface area contributed by atoms with Gasteiger partial charge in [-0.15, -0.1) is 0 Å². The number of ether oxygens (including phenoxy) is 1. The lowest BCUT2D eigenvalue weighted by Crippen LogP contribution is -2.50. The zero-order chi connectivity index (χ0) is 14.5. The van der Waals surface area contributed by atoms with Gasteiger partial charge in [0.05, 0.1) is 0 Å².